The Bertz CT molecular complexity index is 506. The molecule has 0 aromatic heterocycles. The number of carbonyl (C=O) groups excluding carboxylic acids is 1. The van der Waals surface area contributed by atoms with Crippen LogP contribution < -0.4 is 4.90 Å². The van der Waals surface area contributed by atoms with Gasteiger partial charge >= 0.3 is 0 Å². The van der Waals surface area contributed by atoms with Crippen LogP contribution in [0, 0.1) is 0 Å². The molecule has 1 fully saturated rings. The van der Waals surface area contributed by atoms with Gasteiger partial charge in [0.25, 0.3) is 0 Å². The average molecular weight is 261 g/mol. The van der Waals surface area contributed by atoms with Crippen LogP contribution in [-0.4, -0.2) is 25.7 Å². The molecule has 102 valence electrons. The third kappa shape index (κ3) is 1.86. The zero-order valence-electron chi connectivity index (χ0n) is 11.4. The highest BCUT2D eigenvalue weighted by molar-refractivity contribution is 6.01. The highest BCUT2D eigenvalue weighted by Crippen LogP contribution is 2.38. The van der Waals surface area contributed by atoms with E-state index in [0.29, 0.717) is 19.6 Å². The van der Waals surface area contributed by atoms with Gasteiger partial charge in [-0.15, -0.1) is 0 Å². The van der Waals surface area contributed by atoms with Gasteiger partial charge < -0.3 is 14.4 Å². The van der Waals surface area contributed by atoms with E-state index in [-0.39, 0.29) is 5.91 Å². The van der Waals surface area contributed by atoms with Crippen molar-refractivity contribution in [2.24, 2.45) is 0 Å². The lowest BCUT2D eigenvalue weighted by molar-refractivity contribution is -0.167. The molecule has 0 bridgehead atoms. The van der Waals surface area contributed by atoms with Crippen molar-refractivity contribution >= 4 is 11.6 Å². The fraction of sp³-hybridized carbons (Fsp3) is 0.533. The quantitative estimate of drug-likeness (QED) is 0.837. The van der Waals surface area contributed by atoms with Gasteiger partial charge in [0.1, 0.15) is 0 Å². The Morgan fingerprint density at radius 3 is 2.63 bits per heavy atom. The number of rotatable bonds is 3. The van der Waals surface area contributed by atoms with Gasteiger partial charge in [-0.05, 0) is 24.6 Å². The van der Waals surface area contributed by atoms with E-state index in [2.05, 4.69) is 13.0 Å². The van der Waals surface area contributed by atoms with Crippen LogP contribution in [0.4, 0.5) is 5.69 Å². The highest BCUT2D eigenvalue weighted by atomic mass is 16.7. The third-order valence-corrected chi connectivity index (χ3v) is 3.99. The van der Waals surface area contributed by atoms with Crippen molar-refractivity contribution in [2.75, 3.05) is 24.7 Å². The minimum absolute atomic E-state index is 0.174. The van der Waals surface area contributed by atoms with E-state index >= 15 is 0 Å². The monoisotopic (exact) mass is 261 g/mol. The molecule has 0 unspecified atom stereocenters. The van der Waals surface area contributed by atoms with E-state index in [1.807, 2.05) is 24.0 Å². The number of amides is 1. The second-order valence-electron chi connectivity index (χ2n) is 4.96. The van der Waals surface area contributed by atoms with E-state index in [0.717, 1.165) is 29.8 Å². The Labute approximate surface area is 113 Å². The Balaban J connectivity index is 1.99. The second-order valence-corrected chi connectivity index (χ2v) is 4.96. The van der Waals surface area contributed by atoms with Gasteiger partial charge in [-0.3, -0.25) is 4.79 Å². The maximum atomic E-state index is 11.9. The van der Waals surface area contributed by atoms with E-state index in [4.69, 9.17) is 9.47 Å². The first-order chi connectivity index (χ1) is 9.20. The number of ether oxygens (including phenoxy) is 2. The maximum Gasteiger partial charge on any atom is 0.231 e. The summed E-state index contributed by atoms with van der Waals surface area (Å²) in [5, 5.41) is 0. The lowest BCUT2D eigenvalue weighted by atomic mass is 9.99. The van der Waals surface area contributed by atoms with Crippen LogP contribution >= 0.6 is 0 Å². The molecular formula is C15H19NO3. The van der Waals surface area contributed by atoms with Crippen LogP contribution in [0.25, 0.3) is 0 Å². The SMILES string of the molecule is CCN1C(=O)Cc2cc(C3(CC)OCCO3)ccc21. The Hall–Kier alpha value is -1.39. The molecule has 0 radical (unpaired) electrons. The molecule has 2 aliphatic heterocycles. The molecule has 1 saturated heterocycles. The molecule has 0 N–H and O–H groups in total. The fourth-order valence-electron chi connectivity index (χ4n) is 3.00. The van der Waals surface area contributed by atoms with Crippen molar-refractivity contribution in [2.45, 2.75) is 32.5 Å². The summed E-state index contributed by atoms with van der Waals surface area (Å²) in [5.41, 5.74) is 3.13. The number of benzene rings is 1. The predicted molar refractivity (Wildman–Crippen MR) is 72.0 cm³/mol. The number of anilines is 1. The van der Waals surface area contributed by atoms with Crippen LogP contribution in [0.5, 0.6) is 0 Å². The van der Waals surface area contributed by atoms with Crippen molar-refractivity contribution in [3.05, 3.63) is 29.3 Å². The highest BCUT2D eigenvalue weighted by Gasteiger charge is 2.38. The minimum Gasteiger partial charge on any atom is -0.343 e. The zero-order valence-corrected chi connectivity index (χ0v) is 11.4. The number of hydrogen-bond donors (Lipinski definition) is 0. The zero-order chi connectivity index (χ0) is 13.5. The number of likely N-dealkylation sites (N-methyl/N-ethyl adjacent to an activating group) is 1. The molecule has 0 saturated carbocycles. The maximum absolute atomic E-state index is 11.9. The average Bonchev–Trinajstić information content (AvgIpc) is 3.01. The number of nitrogens with zero attached hydrogens (tertiary/aromatic N) is 1. The summed E-state index contributed by atoms with van der Waals surface area (Å²) in [6.45, 7) is 6.03. The van der Waals surface area contributed by atoms with Crippen LogP contribution in [-0.2, 0) is 26.5 Å². The van der Waals surface area contributed by atoms with E-state index in [9.17, 15) is 4.79 Å². The van der Waals surface area contributed by atoms with Gasteiger partial charge in [-0.25, -0.2) is 0 Å². The van der Waals surface area contributed by atoms with Gasteiger partial charge in [0.2, 0.25) is 5.91 Å². The smallest absolute Gasteiger partial charge is 0.231 e. The Kier molecular flexibility index (Phi) is 3.07. The third-order valence-electron chi connectivity index (χ3n) is 3.99. The lowest BCUT2D eigenvalue weighted by Gasteiger charge is -2.27. The van der Waals surface area contributed by atoms with Crippen molar-refractivity contribution in [1.82, 2.24) is 0 Å². The topological polar surface area (TPSA) is 38.8 Å². The van der Waals surface area contributed by atoms with Crippen LogP contribution in [0.15, 0.2) is 18.2 Å². The summed E-state index contributed by atoms with van der Waals surface area (Å²) in [4.78, 5) is 13.7. The number of hydrogen-bond acceptors (Lipinski definition) is 3. The summed E-state index contributed by atoms with van der Waals surface area (Å²) in [6.07, 6.45) is 1.26. The normalized spacial score (nSPS) is 20.9. The molecule has 0 atom stereocenters. The largest absolute Gasteiger partial charge is 0.343 e. The molecule has 3 rings (SSSR count). The van der Waals surface area contributed by atoms with Gasteiger partial charge in [-0.2, -0.15) is 0 Å². The molecule has 2 aliphatic rings. The van der Waals surface area contributed by atoms with Crippen molar-refractivity contribution < 1.29 is 14.3 Å². The first-order valence-corrected chi connectivity index (χ1v) is 6.92. The van der Waals surface area contributed by atoms with Gasteiger partial charge in [0.15, 0.2) is 5.79 Å². The summed E-state index contributed by atoms with van der Waals surface area (Å²) in [6, 6.07) is 6.11. The standard InChI is InChI=1S/C15H19NO3/c1-3-15(18-7-8-19-15)12-5-6-13-11(9-12)10-14(17)16(13)4-2/h5-6,9H,3-4,7-8,10H2,1-2H3. The minimum atomic E-state index is -0.613. The van der Waals surface area contributed by atoms with E-state index in [1.165, 1.54) is 0 Å². The summed E-state index contributed by atoms with van der Waals surface area (Å²) in [7, 11) is 0. The van der Waals surface area contributed by atoms with Gasteiger partial charge in [0.05, 0.1) is 19.6 Å². The molecule has 19 heavy (non-hydrogen) atoms. The first kappa shape index (κ1) is 12.6. The van der Waals surface area contributed by atoms with Crippen molar-refractivity contribution in [3.8, 4) is 0 Å². The molecule has 4 heteroatoms. The molecule has 0 spiro atoms. The van der Waals surface area contributed by atoms with Gasteiger partial charge in [0, 0.05) is 24.2 Å². The van der Waals surface area contributed by atoms with E-state index < -0.39 is 5.79 Å². The molecule has 4 nitrogen and oxygen atoms in total. The molecule has 2 heterocycles. The second kappa shape index (κ2) is 4.62. The summed E-state index contributed by atoms with van der Waals surface area (Å²) < 4.78 is 11.6. The van der Waals surface area contributed by atoms with Crippen LogP contribution in [0.2, 0.25) is 0 Å². The Morgan fingerprint density at radius 1 is 1.26 bits per heavy atom. The van der Waals surface area contributed by atoms with Crippen LogP contribution in [0.1, 0.15) is 31.4 Å². The van der Waals surface area contributed by atoms with Crippen LogP contribution in [0.3, 0.4) is 0 Å². The molecular weight excluding hydrogens is 242 g/mol. The Morgan fingerprint density at radius 2 is 2.00 bits per heavy atom. The molecule has 1 aromatic rings. The number of carbonyl (C=O) groups is 1. The lowest BCUT2D eigenvalue weighted by Crippen LogP contribution is -2.26. The van der Waals surface area contributed by atoms with Crippen molar-refractivity contribution in [1.29, 1.82) is 0 Å². The van der Waals surface area contributed by atoms with E-state index in [1.54, 1.807) is 0 Å². The molecule has 1 amide bonds. The summed E-state index contributed by atoms with van der Waals surface area (Å²) in [5.74, 6) is -0.439. The summed E-state index contributed by atoms with van der Waals surface area (Å²) >= 11 is 0. The van der Waals surface area contributed by atoms with Crippen molar-refractivity contribution in [3.63, 3.8) is 0 Å². The fourth-order valence-corrected chi connectivity index (χ4v) is 3.00. The molecule has 1 aromatic carbocycles. The number of fused-ring (bicyclic) bond motifs is 1. The predicted octanol–water partition coefficient (Wildman–Crippen LogP) is 2.21. The first-order valence-electron chi connectivity index (χ1n) is 6.92. The van der Waals surface area contributed by atoms with Gasteiger partial charge in [-0.1, -0.05) is 13.0 Å². The molecule has 0 aliphatic carbocycles.